The number of carbonyl (C=O) groups excluding carboxylic acids is 1. The van der Waals surface area contributed by atoms with Crippen LogP contribution in [0.3, 0.4) is 0 Å². The molecule has 0 unspecified atom stereocenters. The van der Waals surface area contributed by atoms with Gasteiger partial charge in [0.1, 0.15) is 17.1 Å². The van der Waals surface area contributed by atoms with Gasteiger partial charge in [-0.1, -0.05) is 0 Å². The highest BCUT2D eigenvalue weighted by molar-refractivity contribution is 7.98. The quantitative estimate of drug-likeness (QED) is 0.491. The molecule has 0 fully saturated rings. The Bertz CT molecular complexity index is 690. The second-order valence-electron chi connectivity index (χ2n) is 4.09. The summed E-state index contributed by atoms with van der Waals surface area (Å²) in [5.74, 6) is 0.361. The molecule has 4 nitrogen and oxygen atoms in total. The minimum absolute atomic E-state index is 0.361. The third-order valence-electron chi connectivity index (χ3n) is 2.82. The van der Waals surface area contributed by atoms with Gasteiger partial charge in [-0.25, -0.2) is 4.79 Å². The van der Waals surface area contributed by atoms with Crippen LogP contribution in [0.5, 0.6) is 11.5 Å². The number of nitriles is 1. The molecule has 0 bridgehead atoms. The van der Waals surface area contributed by atoms with Crippen molar-refractivity contribution < 1.29 is 14.3 Å². The molecule has 0 saturated carbocycles. The molecule has 0 heterocycles. The monoisotopic (exact) mass is 299 g/mol. The fraction of sp³-hybridized carbons (Fsp3) is 0.125. The zero-order valence-corrected chi connectivity index (χ0v) is 12.4. The average Bonchev–Trinajstić information content (AvgIpc) is 2.54. The second-order valence-corrected chi connectivity index (χ2v) is 4.97. The first-order valence-electron chi connectivity index (χ1n) is 6.12. The Morgan fingerprint density at radius 3 is 2.48 bits per heavy atom. The lowest BCUT2D eigenvalue weighted by Gasteiger charge is -2.09. The number of esters is 1. The van der Waals surface area contributed by atoms with Crippen molar-refractivity contribution in [2.45, 2.75) is 4.90 Å². The zero-order valence-electron chi connectivity index (χ0n) is 11.6. The summed E-state index contributed by atoms with van der Waals surface area (Å²) >= 11 is 1.56. The molecule has 0 radical (unpaired) electrons. The maximum atomic E-state index is 12.2. The summed E-state index contributed by atoms with van der Waals surface area (Å²) in [4.78, 5) is 13.2. The predicted octanol–water partition coefficient (Wildman–Crippen LogP) is 3.51. The molecule has 21 heavy (non-hydrogen) atoms. The Morgan fingerprint density at radius 1 is 1.19 bits per heavy atom. The Balaban J connectivity index is 2.21. The van der Waals surface area contributed by atoms with E-state index in [9.17, 15) is 4.79 Å². The van der Waals surface area contributed by atoms with Gasteiger partial charge in [-0.05, 0) is 48.7 Å². The lowest BCUT2D eigenvalue weighted by molar-refractivity contribution is 0.0731. The number of benzene rings is 2. The van der Waals surface area contributed by atoms with Crippen LogP contribution >= 0.6 is 11.8 Å². The van der Waals surface area contributed by atoms with Crippen molar-refractivity contribution in [2.24, 2.45) is 0 Å². The molecule has 0 aliphatic rings. The van der Waals surface area contributed by atoms with E-state index >= 15 is 0 Å². The SMILES string of the molecule is COc1cc(SC)ccc1C(=O)Oc1ccc(C#N)cc1. The molecule has 2 aromatic rings. The van der Waals surface area contributed by atoms with E-state index < -0.39 is 5.97 Å². The number of thioether (sulfide) groups is 1. The summed E-state index contributed by atoms with van der Waals surface area (Å²) in [5.41, 5.74) is 0.872. The van der Waals surface area contributed by atoms with Crippen molar-refractivity contribution >= 4 is 17.7 Å². The highest BCUT2D eigenvalue weighted by Crippen LogP contribution is 2.26. The van der Waals surface area contributed by atoms with Gasteiger partial charge in [0.25, 0.3) is 0 Å². The number of ether oxygens (including phenoxy) is 2. The first kappa shape index (κ1) is 14.9. The first-order chi connectivity index (χ1) is 10.2. The van der Waals surface area contributed by atoms with Gasteiger partial charge in [0, 0.05) is 4.90 Å². The molecular formula is C16H13NO3S. The Labute approximate surface area is 127 Å². The van der Waals surface area contributed by atoms with Crippen LogP contribution in [0.4, 0.5) is 0 Å². The minimum atomic E-state index is -0.496. The van der Waals surface area contributed by atoms with Crippen molar-refractivity contribution in [1.29, 1.82) is 5.26 Å². The molecular weight excluding hydrogens is 286 g/mol. The lowest BCUT2D eigenvalue weighted by Crippen LogP contribution is -2.10. The van der Waals surface area contributed by atoms with Gasteiger partial charge < -0.3 is 9.47 Å². The van der Waals surface area contributed by atoms with Crippen LogP contribution in [0.2, 0.25) is 0 Å². The molecule has 0 saturated heterocycles. The molecule has 0 aliphatic carbocycles. The number of nitrogens with zero attached hydrogens (tertiary/aromatic N) is 1. The van der Waals surface area contributed by atoms with Gasteiger partial charge in [-0.3, -0.25) is 0 Å². The molecule has 0 atom stereocenters. The number of hydrogen-bond donors (Lipinski definition) is 0. The number of hydrogen-bond acceptors (Lipinski definition) is 5. The van der Waals surface area contributed by atoms with E-state index in [-0.39, 0.29) is 0 Å². The maximum Gasteiger partial charge on any atom is 0.347 e. The van der Waals surface area contributed by atoms with Crippen LogP contribution < -0.4 is 9.47 Å². The number of carbonyl (C=O) groups is 1. The van der Waals surface area contributed by atoms with Gasteiger partial charge in [0.05, 0.1) is 18.7 Å². The molecule has 0 N–H and O–H groups in total. The molecule has 0 spiro atoms. The van der Waals surface area contributed by atoms with Gasteiger partial charge in [0.2, 0.25) is 0 Å². The molecule has 0 aliphatic heterocycles. The lowest BCUT2D eigenvalue weighted by atomic mass is 10.2. The van der Waals surface area contributed by atoms with E-state index in [0.717, 1.165) is 4.90 Å². The van der Waals surface area contributed by atoms with E-state index in [4.69, 9.17) is 14.7 Å². The van der Waals surface area contributed by atoms with Crippen molar-refractivity contribution in [3.05, 3.63) is 53.6 Å². The van der Waals surface area contributed by atoms with Crippen LogP contribution in [0, 0.1) is 11.3 Å². The van der Waals surface area contributed by atoms with Gasteiger partial charge in [-0.15, -0.1) is 11.8 Å². The summed E-state index contributed by atoms with van der Waals surface area (Å²) in [6.45, 7) is 0. The predicted molar refractivity (Wildman–Crippen MR) is 80.9 cm³/mol. The fourth-order valence-electron chi connectivity index (χ4n) is 1.73. The third-order valence-corrected chi connectivity index (χ3v) is 3.55. The minimum Gasteiger partial charge on any atom is -0.496 e. The summed E-state index contributed by atoms with van der Waals surface area (Å²) in [5, 5.41) is 8.73. The summed E-state index contributed by atoms with van der Waals surface area (Å²) < 4.78 is 10.5. The Morgan fingerprint density at radius 2 is 1.90 bits per heavy atom. The van der Waals surface area contributed by atoms with Gasteiger partial charge in [-0.2, -0.15) is 5.26 Å². The van der Waals surface area contributed by atoms with E-state index in [1.165, 1.54) is 7.11 Å². The van der Waals surface area contributed by atoms with Crippen LogP contribution in [0.1, 0.15) is 15.9 Å². The molecule has 0 amide bonds. The molecule has 0 aromatic heterocycles. The molecule has 5 heteroatoms. The van der Waals surface area contributed by atoms with Gasteiger partial charge in [0.15, 0.2) is 0 Å². The summed E-state index contributed by atoms with van der Waals surface area (Å²) in [6.07, 6.45) is 1.95. The average molecular weight is 299 g/mol. The van der Waals surface area contributed by atoms with Crippen LogP contribution in [0.15, 0.2) is 47.4 Å². The Kier molecular flexibility index (Phi) is 4.85. The number of rotatable bonds is 4. The van der Waals surface area contributed by atoms with Crippen molar-refractivity contribution in [2.75, 3.05) is 13.4 Å². The maximum absolute atomic E-state index is 12.2. The summed E-state index contributed by atoms with van der Waals surface area (Å²) in [6, 6.07) is 13.7. The van der Waals surface area contributed by atoms with Gasteiger partial charge >= 0.3 is 5.97 Å². The molecule has 106 valence electrons. The highest BCUT2D eigenvalue weighted by atomic mass is 32.2. The molecule has 2 aromatic carbocycles. The smallest absolute Gasteiger partial charge is 0.347 e. The number of methoxy groups -OCH3 is 1. The van der Waals surface area contributed by atoms with Crippen molar-refractivity contribution in [1.82, 2.24) is 0 Å². The van der Waals surface area contributed by atoms with E-state index in [1.807, 2.05) is 18.4 Å². The summed E-state index contributed by atoms with van der Waals surface area (Å²) in [7, 11) is 1.51. The standard InChI is InChI=1S/C16H13NO3S/c1-19-15-9-13(21-2)7-8-14(15)16(18)20-12-5-3-11(10-17)4-6-12/h3-9H,1-2H3. The van der Waals surface area contributed by atoms with E-state index in [1.54, 1.807) is 48.2 Å². The normalized spacial score (nSPS) is 9.76. The third kappa shape index (κ3) is 3.56. The van der Waals surface area contributed by atoms with Crippen molar-refractivity contribution in [3.8, 4) is 17.6 Å². The largest absolute Gasteiger partial charge is 0.496 e. The second kappa shape index (κ2) is 6.82. The topological polar surface area (TPSA) is 59.3 Å². The Hall–Kier alpha value is -2.45. The van der Waals surface area contributed by atoms with Crippen molar-refractivity contribution in [3.63, 3.8) is 0 Å². The fourth-order valence-corrected chi connectivity index (χ4v) is 2.16. The zero-order chi connectivity index (χ0) is 15.2. The first-order valence-corrected chi connectivity index (χ1v) is 7.34. The molecule has 2 rings (SSSR count). The van der Waals surface area contributed by atoms with Crippen LogP contribution in [-0.4, -0.2) is 19.3 Å². The highest BCUT2D eigenvalue weighted by Gasteiger charge is 2.15. The van der Waals surface area contributed by atoms with E-state index in [0.29, 0.717) is 22.6 Å². The van der Waals surface area contributed by atoms with Crippen LogP contribution in [0.25, 0.3) is 0 Å². The van der Waals surface area contributed by atoms with Crippen LogP contribution in [-0.2, 0) is 0 Å². The van der Waals surface area contributed by atoms with E-state index in [2.05, 4.69) is 0 Å².